The molecule has 0 spiro atoms. The zero-order valence-electron chi connectivity index (χ0n) is 13.4. The van der Waals surface area contributed by atoms with E-state index in [-0.39, 0.29) is 6.10 Å². The third kappa shape index (κ3) is 5.24. The van der Waals surface area contributed by atoms with E-state index in [0.717, 1.165) is 6.54 Å². The fourth-order valence-corrected chi connectivity index (χ4v) is 2.45. The van der Waals surface area contributed by atoms with Crippen LogP contribution >= 0.6 is 7.60 Å². The fraction of sp³-hybridized carbons (Fsp3) is 0.615. The molecule has 2 aromatic rings. The van der Waals surface area contributed by atoms with E-state index in [0.29, 0.717) is 29.4 Å². The third-order valence-electron chi connectivity index (χ3n) is 3.06. The molecule has 0 radical (unpaired) electrons. The summed E-state index contributed by atoms with van der Waals surface area (Å²) in [5.41, 5.74) is 1.31. The Hall–Kier alpha value is -1.54. The van der Waals surface area contributed by atoms with E-state index in [1.54, 1.807) is 17.8 Å². The Bertz CT molecular complexity index is 699. The molecular weight excluding hydrogens is 321 g/mol. The lowest BCUT2D eigenvalue weighted by Gasteiger charge is -2.14. The Labute approximate surface area is 134 Å². The zero-order valence-corrected chi connectivity index (χ0v) is 14.3. The Kier molecular flexibility index (Phi) is 5.69. The van der Waals surface area contributed by atoms with Gasteiger partial charge in [0.1, 0.15) is 18.2 Å². The van der Waals surface area contributed by atoms with Crippen LogP contribution in [0, 0.1) is 5.92 Å². The van der Waals surface area contributed by atoms with Crippen LogP contribution in [-0.2, 0) is 15.8 Å². The van der Waals surface area contributed by atoms with Crippen LogP contribution in [0.4, 0.5) is 5.82 Å². The van der Waals surface area contributed by atoms with Gasteiger partial charge in [-0.2, -0.15) is 0 Å². The van der Waals surface area contributed by atoms with Crippen molar-refractivity contribution < 1.29 is 19.1 Å². The Morgan fingerprint density at radius 1 is 1.30 bits per heavy atom. The number of nitrogens with one attached hydrogen (secondary N) is 1. The largest absolute Gasteiger partial charge is 0.368 e. The summed E-state index contributed by atoms with van der Waals surface area (Å²) in [6.07, 6.45) is 2.10. The van der Waals surface area contributed by atoms with E-state index < -0.39 is 13.9 Å². The van der Waals surface area contributed by atoms with Crippen molar-refractivity contribution in [3.8, 4) is 0 Å². The standard InChI is InChI=1S/C13H22N5O4P/c1-9(2)4-14-12-11-13(16-6-15-12)18(7-17-11)5-10(3)22-8-23(19,20)21/h6-7,9-10H,4-5,8H2,1-3H3,(H,14,15,16)(H2,19,20,21)/t10-/m0/s1. The molecule has 0 amide bonds. The summed E-state index contributed by atoms with van der Waals surface area (Å²) in [7, 11) is -4.17. The van der Waals surface area contributed by atoms with Crippen molar-refractivity contribution in [1.29, 1.82) is 0 Å². The molecule has 0 aliphatic rings. The van der Waals surface area contributed by atoms with Gasteiger partial charge in [0.25, 0.3) is 0 Å². The molecule has 10 heteroatoms. The maximum absolute atomic E-state index is 10.8. The second-order valence-electron chi connectivity index (χ2n) is 5.84. The quantitative estimate of drug-likeness (QED) is 0.615. The lowest BCUT2D eigenvalue weighted by Crippen LogP contribution is -2.17. The van der Waals surface area contributed by atoms with Crippen LogP contribution in [0.15, 0.2) is 12.7 Å². The maximum Gasteiger partial charge on any atom is 0.350 e. The third-order valence-corrected chi connectivity index (χ3v) is 3.55. The van der Waals surface area contributed by atoms with Crippen LogP contribution in [0.25, 0.3) is 11.2 Å². The summed E-state index contributed by atoms with van der Waals surface area (Å²) in [6, 6.07) is 0. The summed E-state index contributed by atoms with van der Waals surface area (Å²) in [5, 5.41) is 3.24. The van der Waals surface area contributed by atoms with E-state index >= 15 is 0 Å². The normalized spacial score (nSPS) is 13.7. The lowest BCUT2D eigenvalue weighted by molar-refractivity contribution is 0.0764. The minimum atomic E-state index is -4.17. The highest BCUT2D eigenvalue weighted by Gasteiger charge is 2.17. The van der Waals surface area contributed by atoms with Gasteiger partial charge in [0.2, 0.25) is 0 Å². The molecule has 2 rings (SSSR count). The molecule has 9 nitrogen and oxygen atoms in total. The van der Waals surface area contributed by atoms with Crippen molar-refractivity contribution >= 4 is 24.6 Å². The van der Waals surface area contributed by atoms with Gasteiger partial charge < -0.3 is 24.4 Å². The SMILES string of the molecule is CC(C)CNc1ncnc2c1ncn2C[C@H](C)OCP(=O)(O)O. The molecule has 0 unspecified atom stereocenters. The van der Waals surface area contributed by atoms with Gasteiger partial charge in [0.15, 0.2) is 11.5 Å². The van der Waals surface area contributed by atoms with E-state index in [1.807, 2.05) is 0 Å². The van der Waals surface area contributed by atoms with Crippen LogP contribution in [0.1, 0.15) is 20.8 Å². The Morgan fingerprint density at radius 2 is 2.04 bits per heavy atom. The molecule has 0 saturated heterocycles. The molecular formula is C13H22N5O4P. The smallest absolute Gasteiger partial charge is 0.350 e. The number of anilines is 1. The van der Waals surface area contributed by atoms with Crippen molar-refractivity contribution in [2.45, 2.75) is 33.4 Å². The molecule has 0 aliphatic heterocycles. The van der Waals surface area contributed by atoms with E-state index in [2.05, 4.69) is 34.1 Å². The number of hydrogen-bond acceptors (Lipinski definition) is 6. The number of hydrogen-bond donors (Lipinski definition) is 3. The average molecular weight is 343 g/mol. The fourth-order valence-electron chi connectivity index (χ4n) is 2.00. The molecule has 128 valence electrons. The monoisotopic (exact) mass is 343 g/mol. The number of ether oxygens (including phenoxy) is 1. The molecule has 1 atom stereocenters. The number of imidazole rings is 1. The summed E-state index contributed by atoms with van der Waals surface area (Å²) in [5.74, 6) is 1.15. The lowest BCUT2D eigenvalue weighted by atomic mass is 10.2. The molecule has 3 N–H and O–H groups in total. The van der Waals surface area contributed by atoms with Crippen molar-refractivity contribution in [3.05, 3.63) is 12.7 Å². The van der Waals surface area contributed by atoms with Crippen molar-refractivity contribution in [3.63, 3.8) is 0 Å². The van der Waals surface area contributed by atoms with E-state index in [4.69, 9.17) is 14.5 Å². The molecule has 2 heterocycles. The summed E-state index contributed by atoms with van der Waals surface area (Å²) in [4.78, 5) is 30.4. The summed E-state index contributed by atoms with van der Waals surface area (Å²) < 4.78 is 17.8. The van der Waals surface area contributed by atoms with Crippen LogP contribution in [0.5, 0.6) is 0 Å². The van der Waals surface area contributed by atoms with Crippen LogP contribution in [-0.4, -0.2) is 48.3 Å². The van der Waals surface area contributed by atoms with Gasteiger partial charge in [-0.1, -0.05) is 13.8 Å². The second kappa shape index (κ2) is 7.35. The molecule has 23 heavy (non-hydrogen) atoms. The Balaban J connectivity index is 2.10. The molecule has 0 fully saturated rings. The molecule has 2 aromatic heterocycles. The number of nitrogens with zero attached hydrogens (tertiary/aromatic N) is 4. The minimum Gasteiger partial charge on any atom is -0.368 e. The average Bonchev–Trinajstić information content (AvgIpc) is 2.86. The van der Waals surface area contributed by atoms with Crippen molar-refractivity contribution in [1.82, 2.24) is 19.5 Å². The first kappa shape index (κ1) is 17.8. The first-order valence-electron chi connectivity index (χ1n) is 7.32. The first-order valence-corrected chi connectivity index (χ1v) is 9.12. The topological polar surface area (TPSA) is 122 Å². The molecule has 0 aliphatic carbocycles. The number of aromatic nitrogens is 4. The second-order valence-corrected chi connectivity index (χ2v) is 7.42. The van der Waals surface area contributed by atoms with Gasteiger partial charge >= 0.3 is 7.60 Å². The Morgan fingerprint density at radius 3 is 2.70 bits per heavy atom. The summed E-state index contributed by atoms with van der Waals surface area (Å²) in [6.45, 7) is 7.10. The van der Waals surface area contributed by atoms with Gasteiger partial charge in [-0.05, 0) is 12.8 Å². The molecule has 0 saturated carbocycles. The zero-order chi connectivity index (χ0) is 17.0. The van der Waals surface area contributed by atoms with Gasteiger partial charge in [-0.25, -0.2) is 15.0 Å². The van der Waals surface area contributed by atoms with Gasteiger partial charge in [0.05, 0.1) is 19.0 Å². The van der Waals surface area contributed by atoms with Crippen LogP contribution < -0.4 is 5.32 Å². The first-order chi connectivity index (χ1) is 10.8. The maximum atomic E-state index is 10.8. The summed E-state index contributed by atoms with van der Waals surface area (Å²) >= 11 is 0. The highest BCUT2D eigenvalue weighted by atomic mass is 31.2. The van der Waals surface area contributed by atoms with Crippen molar-refractivity contribution in [2.24, 2.45) is 5.92 Å². The molecule has 0 aromatic carbocycles. The number of rotatable bonds is 8. The minimum absolute atomic E-state index is 0.386. The van der Waals surface area contributed by atoms with Gasteiger partial charge in [-0.3, -0.25) is 4.57 Å². The van der Waals surface area contributed by atoms with E-state index in [1.165, 1.54) is 6.33 Å². The predicted molar refractivity (Wildman–Crippen MR) is 86.1 cm³/mol. The van der Waals surface area contributed by atoms with Gasteiger partial charge in [-0.15, -0.1) is 0 Å². The molecule has 0 bridgehead atoms. The van der Waals surface area contributed by atoms with Crippen LogP contribution in [0.2, 0.25) is 0 Å². The van der Waals surface area contributed by atoms with E-state index in [9.17, 15) is 4.57 Å². The highest BCUT2D eigenvalue weighted by molar-refractivity contribution is 7.51. The predicted octanol–water partition coefficient (Wildman–Crippen LogP) is 1.43. The van der Waals surface area contributed by atoms with Crippen LogP contribution in [0.3, 0.4) is 0 Å². The highest BCUT2D eigenvalue weighted by Crippen LogP contribution is 2.34. The van der Waals surface area contributed by atoms with Crippen molar-refractivity contribution in [2.75, 3.05) is 18.2 Å². The van der Waals surface area contributed by atoms with Gasteiger partial charge in [0, 0.05) is 6.54 Å². The number of fused-ring (bicyclic) bond motifs is 1.